The van der Waals surface area contributed by atoms with E-state index in [2.05, 4.69) is 0 Å². The molecule has 68 valence electrons. The van der Waals surface area contributed by atoms with E-state index < -0.39 is 14.0 Å². The zero-order valence-corrected chi connectivity index (χ0v) is 7.57. The van der Waals surface area contributed by atoms with Gasteiger partial charge in [-0.25, -0.2) is 0 Å². The first-order valence-electron chi connectivity index (χ1n) is 3.57. The van der Waals surface area contributed by atoms with Gasteiger partial charge in [0.25, 0.3) is 0 Å². The Kier molecular flexibility index (Phi) is 3.12. The zero-order chi connectivity index (χ0) is 9.84. The molecule has 0 spiro atoms. The highest BCUT2D eigenvalue weighted by molar-refractivity contribution is 7.47. The minimum Gasteiger partial charge on any atom is -0.481 e. The van der Waals surface area contributed by atoms with Crippen molar-refractivity contribution in [3.63, 3.8) is 0 Å². The molecule has 1 aromatic rings. The minimum atomic E-state index is -2.46. The second-order valence-corrected chi connectivity index (χ2v) is 3.50. The van der Waals surface area contributed by atoms with E-state index in [0.717, 1.165) is 0 Å². The van der Waals surface area contributed by atoms with Crippen LogP contribution >= 0.6 is 8.03 Å². The van der Waals surface area contributed by atoms with Gasteiger partial charge in [-0.1, -0.05) is 18.2 Å². The molecule has 1 atom stereocenters. The summed E-state index contributed by atoms with van der Waals surface area (Å²) >= 11 is 0. The predicted octanol–water partition coefficient (Wildman–Crippen LogP) is 0.674. The van der Waals surface area contributed by atoms with Crippen molar-refractivity contribution in [1.29, 1.82) is 0 Å². The Morgan fingerprint density at radius 2 is 2.00 bits per heavy atom. The van der Waals surface area contributed by atoms with Crippen molar-refractivity contribution < 1.29 is 19.4 Å². The molecule has 0 saturated heterocycles. The van der Waals surface area contributed by atoms with Crippen LogP contribution in [0.5, 0.6) is 0 Å². The van der Waals surface area contributed by atoms with Gasteiger partial charge >= 0.3 is 14.0 Å². The number of carboxylic acid groups (broad SMARTS) is 1. The normalized spacial score (nSPS) is 11.0. The number of carbonyl (C=O) groups is 1. The fraction of sp³-hybridized carbons (Fsp3) is 0.125. The van der Waals surface area contributed by atoms with Gasteiger partial charge in [0, 0.05) is 5.56 Å². The smallest absolute Gasteiger partial charge is 0.481 e. The molecule has 0 amide bonds. The number of rotatable bonds is 3. The third kappa shape index (κ3) is 2.61. The Hall–Kier alpha value is -1.25. The summed E-state index contributed by atoms with van der Waals surface area (Å²) in [5.74, 6) is -1.01. The van der Waals surface area contributed by atoms with Crippen molar-refractivity contribution in [2.24, 2.45) is 0 Å². The van der Waals surface area contributed by atoms with Crippen molar-refractivity contribution in [1.82, 2.24) is 0 Å². The van der Waals surface area contributed by atoms with Gasteiger partial charge in [0.2, 0.25) is 5.30 Å². The molecule has 0 bridgehead atoms. The van der Waals surface area contributed by atoms with Gasteiger partial charge in [-0.3, -0.25) is 4.79 Å². The molecule has 0 heterocycles. The molecule has 1 unspecified atom stereocenters. The number of hydrogen-bond donors (Lipinski definition) is 2. The summed E-state index contributed by atoms with van der Waals surface area (Å²) in [5, 5.41) is 8.69. The van der Waals surface area contributed by atoms with Crippen LogP contribution in [-0.2, 0) is 15.8 Å². The second-order valence-electron chi connectivity index (χ2n) is 2.47. The standard InChI is InChI=1S/C8H7O4P/c9-8(10)5-6-3-1-2-4-7(6)13(11)12/h1-4H,5H2,(H-,9,10,11,12)/p+1. The number of carboxylic acids is 1. The molecule has 0 fully saturated rings. The van der Waals surface area contributed by atoms with Crippen LogP contribution in [0.4, 0.5) is 0 Å². The molecule has 0 aliphatic heterocycles. The molecule has 0 aromatic heterocycles. The van der Waals surface area contributed by atoms with E-state index in [4.69, 9.17) is 10.00 Å². The van der Waals surface area contributed by atoms with Crippen molar-refractivity contribution in [3.05, 3.63) is 29.8 Å². The maximum absolute atomic E-state index is 10.8. The Labute approximate surface area is 75.7 Å². The molecule has 13 heavy (non-hydrogen) atoms. The lowest BCUT2D eigenvalue weighted by atomic mass is 10.1. The van der Waals surface area contributed by atoms with Crippen LogP contribution < -0.4 is 5.30 Å². The molecular formula is C8H8O4P+. The molecule has 0 aliphatic carbocycles. The van der Waals surface area contributed by atoms with Crippen LogP contribution in [0.2, 0.25) is 0 Å². The zero-order valence-electron chi connectivity index (χ0n) is 6.67. The summed E-state index contributed by atoms with van der Waals surface area (Å²) in [4.78, 5) is 19.2. The highest BCUT2D eigenvalue weighted by Crippen LogP contribution is 2.16. The van der Waals surface area contributed by atoms with E-state index >= 15 is 0 Å². The summed E-state index contributed by atoms with van der Waals surface area (Å²) in [7, 11) is -2.46. The molecule has 0 saturated carbocycles. The van der Waals surface area contributed by atoms with Crippen molar-refractivity contribution in [3.8, 4) is 0 Å². The van der Waals surface area contributed by atoms with Gasteiger partial charge in [-0.2, -0.15) is 4.89 Å². The van der Waals surface area contributed by atoms with E-state index in [0.29, 0.717) is 5.56 Å². The summed E-state index contributed by atoms with van der Waals surface area (Å²) in [6.45, 7) is 0. The van der Waals surface area contributed by atoms with E-state index in [-0.39, 0.29) is 11.7 Å². The number of aliphatic carboxylic acids is 1. The Bertz CT molecular complexity index is 348. The summed E-state index contributed by atoms with van der Waals surface area (Å²) < 4.78 is 10.8. The second kappa shape index (κ2) is 4.12. The molecule has 0 aliphatic rings. The molecule has 5 heteroatoms. The molecule has 2 N–H and O–H groups in total. The Morgan fingerprint density at radius 3 is 2.54 bits per heavy atom. The lowest BCUT2D eigenvalue weighted by Crippen LogP contribution is -2.10. The van der Waals surface area contributed by atoms with Crippen LogP contribution in [0.25, 0.3) is 0 Å². The van der Waals surface area contributed by atoms with Gasteiger partial charge in [-0.15, -0.1) is 0 Å². The molecule has 1 rings (SSSR count). The summed E-state index contributed by atoms with van der Waals surface area (Å²) in [5.41, 5.74) is 0.388. The highest BCUT2D eigenvalue weighted by atomic mass is 31.1. The van der Waals surface area contributed by atoms with Crippen LogP contribution in [-0.4, -0.2) is 16.0 Å². The third-order valence-corrected chi connectivity index (χ3v) is 2.39. The number of hydrogen-bond acceptors (Lipinski definition) is 2. The first-order valence-corrected chi connectivity index (χ1v) is 4.78. The predicted molar refractivity (Wildman–Crippen MR) is 47.2 cm³/mol. The molecular weight excluding hydrogens is 191 g/mol. The van der Waals surface area contributed by atoms with Gasteiger partial charge in [0.05, 0.1) is 6.42 Å². The van der Waals surface area contributed by atoms with Gasteiger partial charge in [0.15, 0.2) is 0 Å². The summed E-state index contributed by atoms with van der Waals surface area (Å²) in [6, 6.07) is 6.23. The molecule has 1 aromatic carbocycles. The van der Waals surface area contributed by atoms with Crippen LogP contribution in [0.3, 0.4) is 0 Å². The number of benzene rings is 1. The highest BCUT2D eigenvalue weighted by Gasteiger charge is 2.21. The SMILES string of the molecule is O=C(O)Cc1ccccc1[P+](=O)O. The average Bonchev–Trinajstić information content (AvgIpc) is 2.03. The van der Waals surface area contributed by atoms with Crippen LogP contribution in [0, 0.1) is 0 Å². The maximum atomic E-state index is 10.8. The lowest BCUT2D eigenvalue weighted by Gasteiger charge is -1.94. The maximum Gasteiger partial charge on any atom is 0.546 e. The van der Waals surface area contributed by atoms with E-state index in [1.165, 1.54) is 12.1 Å². The van der Waals surface area contributed by atoms with Crippen LogP contribution in [0.15, 0.2) is 24.3 Å². The first-order chi connectivity index (χ1) is 6.11. The largest absolute Gasteiger partial charge is 0.546 e. The van der Waals surface area contributed by atoms with Crippen LogP contribution in [0.1, 0.15) is 5.56 Å². The minimum absolute atomic E-state index is 0.194. The third-order valence-electron chi connectivity index (χ3n) is 1.54. The Morgan fingerprint density at radius 1 is 1.38 bits per heavy atom. The van der Waals surface area contributed by atoms with Crippen molar-refractivity contribution in [2.45, 2.75) is 6.42 Å². The van der Waals surface area contributed by atoms with Gasteiger partial charge in [0.1, 0.15) is 0 Å². The molecule has 0 radical (unpaired) electrons. The summed E-state index contributed by atoms with van der Waals surface area (Å²) in [6.07, 6.45) is -0.224. The molecule has 4 nitrogen and oxygen atoms in total. The van der Waals surface area contributed by atoms with Crippen molar-refractivity contribution in [2.75, 3.05) is 0 Å². The quantitative estimate of drug-likeness (QED) is 0.701. The fourth-order valence-electron chi connectivity index (χ4n) is 1.01. The average molecular weight is 199 g/mol. The van der Waals surface area contributed by atoms with Gasteiger partial charge < -0.3 is 5.11 Å². The van der Waals surface area contributed by atoms with E-state index in [9.17, 15) is 9.36 Å². The fourth-order valence-corrected chi connectivity index (χ4v) is 1.62. The van der Waals surface area contributed by atoms with E-state index in [1.807, 2.05) is 0 Å². The monoisotopic (exact) mass is 199 g/mol. The van der Waals surface area contributed by atoms with E-state index in [1.54, 1.807) is 12.1 Å². The Balaban J connectivity index is 3.04. The van der Waals surface area contributed by atoms with Crippen molar-refractivity contribution >= 4 is 19.3 Å². The topological polar surface area (TPSA) is 74.6 Å². The lowest BCUT2D eigenvalue weighted by molar-refractivity contribution is -0.136. The van der Waals surface area contributed by atoms with Gasteiger partial charge in [-0.05, 0) is 10.6 Å². The first kappa shape index (κ1) is 9.84.